The minimum atomic E-state index is -3.49. The molecule has 0 aliphatic carbocycles. The second-order valence-electron chi connectivity index (χ2n) is 5.38. The molecule has 7 heteroatoms. The first-order valence-electron chi connectivity index (χ1n) is 7.43. The van der Waals surface area contributed by atoms with Gasteiger partial charge in [0.1, 0.15) is 6.29 Å². The summed E-state index contributed by atoms with van der Waals surface area (Å²) < 4.78 is 26.7. The van der Waals surface area contributed by atoms with Crippen molar-refractivity contribution in [1.29, 1.82) is 0 Å². The summed E-state index contributed by atoms with van der Waals surface area (Å²) in [6, 6.07) is 0. The monoisotopic (exact) mass is 367 g/mol. The first-order chi connectivity index (χ1) is 10.5. The molecule has 0 aromatic rings. The van der Waals surface area contributed by atoms with E-state index in [0.29, 0.717) is 43.1 Å². The average Bonchev–Trinajstić information content (AvgIpc) is 2.53. The van der Waals surface area contributed by atoms with E-state index in [2.05, 4.69) is 6.58 Å². The van der Waals surface area contributed by atoms with Crippen molar-refractivity contribution in [2.75, 3.05) is 19.0 Å². The molecule has 0 spiro atoms. The maximum Gasteiger partial charge on any atom is 0.220 e. The molecule has 0 N–H and O–H groups in total. The van der Waals surface area contributed by atoms with Crippen LogP contribution in [-0.4, -0.2) is 43.2 Å². The van der Waals surface area contributed by atoms with Crippen molar-refractivity contribution in [2.24, 2.45) is 5.92 Å². The Morgan fingerprint density at radius 3 is 2.77 bits per heavy atom. The highest BCUT2D eigenvalue weighted by Crippen LogP contribution is 2.24. The third kappa shape index (κ3) is 5.69. The van der Waals surface area contributed by atoms with Crippen LogP contribution in [0, 0.1) is 5.92 Å². The predicted octanol–water partition coefficient (Wildman–Crippen LogP) is 3.31. The van der Waals surface area contributed by atoms with Crippen LogP contribution in [0.15, 0.2) is 23.8 Å². The molecule has 4 nitrogen and oxygen atoms in total. The van der Waals surface area contributed by atoms with Gasteiger partial charge in [0.2, 0.25) is 10.0 Å². The van der Waals surface area contributed by atoms with Crippen LogP contribution in [-0.2, 0) is 14.8 Å². The number of carbonyl (C=O) groups excluding carboxylic acids is 1. The maximum atomic E-state index is 12.7. The van der Waals surface area contributed by atoms with E-state index in [0.717, 1.165) is 12.7 Å². The Morgan fingerprint density at radius 1 is 1.45 bits per heavy atom. The molecule has 2 atom stereocenters. The molecule has 1 fully saturated rings. The lowest BCUT2D eigenvalue weighted by Gasteiger charge is -2.31. The first kappa shape index (κ1) is 19.7. The lowest BCUT2D eigenvalue weighted by Crippen LogP contribution is -2.44. The summed E-state index contributed by atoms with van der Waals surface area (Å²) in [5.41, 5.74) is 0. The molecule has 2 unspecified atom stereocenters. The van der Waals surface area contributed by atoms with Gasteiger partial charge < -0.3 is 4.79 Å². The zero-order valence-electron chi connectivity index (χ0n) is 12.6. The quantitative estimate of drug-likeness (QED) is 0.356. The summed E-state index contributed by atoms with van der Waals surface area (Å²) in [4.78, 5) is 10.9. The molecule has 0 saturated carbocycles. The Kier molecular flexibility index (Phi) is 8.69. The van der Waals surface area contributed by atoms with Crippen molar-refractivity contribution in [3.8, 4) is 0 Å². The summed E-state index contributed by atoms with van der Waals surface area (Å²) in [7, 11) is -3.49. The van der Waals surface area contributed by atoms with Crippen LogP contribution in [0.25, 0.3) is 0 Å². The molecule has 1 rings (SSSR count). The number of rotatable bonds is 9. The maximum absolute atomic E-state index is 12.7. The Hall–Kier alpha value is -0.360. The van der Waals surface area contributed by atoms with Crippen LogP contribution >= 0.6 is 23.2 Å². The van der Waals surface area contributed by atoms with E-state index in [1.807, 2.05) is 6.08 Å². The van der Waals surface area contributed by atoms with Gasteiger partial charge in [0, 0.05) is 29.9 Å². The van der Waals surface area contributed by atoms with Gasteiger partial charge in [0.05, 0.1) is 5.25 Å². The molecule has 1 saturated heterocycles. The van der Waals surface area contributed by atoms with Crippen molar-refractivity contribution < 1.29 is 13.2 Å². The van der Waals surface area contributed by atoms with Gasteiger partial charge in [-0.3, -0.25) is 0 Å². The van der Waals surface area contributed by atoms with Crippen molar-refractivity contribution in [1.82, 2.24) is 4.31 Å². The van der Waals surface area contributed by atoms with E-state index in [-0.39, 0.29) is 12.5 Å². The van der Waals surface area contributed by atoms with Gasteiger partial charge in [-0.2, -0.15) is 0 Å². The lowest BCUT2D eigenvalue weighted by molar-refractivity contribution is -0.112. The summed E-state index contributed by atoms with van der Waals surface area (Å²) in [6.45, 7) is 4.38. The van der Waals surface area contributed by atoms with Gasteiger partial charge in [-0.25, -0.2) is 12.7 Å². The number of sulfonamides is 1. The number of halogens is 2. The second kappa shape index (κ2) is 9.71. The normalized spacial score (nSPS) is 22.3. The number of carbonyl (C=O) groups is 1. The molecule has 22 heavy (non-hydrogen) atoms. The molecule has 1 heterocycles. The fraction of sp³-hybridized carbons (Fsp3) is 0.667. The van der Waals surface area contributed by atoms with E-state index < -0.39 is 15.3 Å². The third-order valence-electron chi connectivity index (χ3n) is 3.76. The smallest absolute Gasteiger partial charge is 0.220 e. The van der Waals surface area contributed by atoms with E-state index in [1.54, 1.807) is 0 Å². The number of piperidine rings is 1. The van der Waals surface area contributed by atoms with Crippen molar-refractivity contribution >= 4 is 39.5 Å². The minimum absolute atomic E-state index is 0.207. The summed E-state index contributed by atoms with van der Waals surface area (Å²) in [5.74, 6) is 0.279. The average molecular weight is 368 g/mol. The molecule has 1 aliphatic rings. The Balaban J connectivity index is 2.71. The number of nitrogens with zero attached hydrogens (tertiary/aromatic N) is 1. The Bertz CT molecular complexity index is 505. The van der Waals surface area contributed by atoms with Crippen LogP contribution in [0.3, 0.4) is 0 Å². The summed E-state index contributed by atoms with van der Waals surface area (Å²) in [6.07, 6.45) is 7.08. The van der Waals surface area contributed by atoms with Gasteiger partial charge in [-0.15, -0.1) is 18.2 Å². The van der Waals surface area contributed by atoms with Crippen LogP contribution in [0.4, 0.5) is 0 Å². The van der Waals surface area contributed by atoms with E-state index in [9.17, 15) is 13.2 Å². The zero-order chi connectivity index (χ0) is 16.6. The molecule has 0 aromatic carbocycles. The van der Waals surface area contributed by atoms with Crippen LogP contribution in [0.1, 0.15) is 32.1 Å². The molecule has 0 aromatic heterocycles. The Morgan fingerprint density at radius 2 is 2.18 bits per heavy atom. The minimum Gasteiger partial charge on any atom is -0.303 e. The second-order valence-corrected chi connectivity index (χ2v) is 8.40. The number of aldehydes is 1. The van der Waals surface area contributed by atoms with Crippen LogP contribution in [0.5, 0.6) is 0 Å². The first-order valence-corrected chi connectivity index (χ1v) is 9.84. The van der Waals surface area contributed by atoms with Gasteiger partial charge in [-0.05, 0) is 32.1 Å². The molecule has 0 bridgehead atoms. The van der Waals surface area contributed by atoms with Gasteiger partial charge in [0.15, 0.2) is 0 Å². The van der Waals surface area contributed by atoms with Gasteiger partial charge in [0.25, 0.3) is 0 Å². The molecule has 0 amide bonds. The van der Waals surface area contributed by atoms with Gasteiger partial charge in [-0.1, -0.05) is 23.8 Å². The number of alkyl halides is 1. The van der Waals surface area contributed by atoms with Crippen molar-refractivity contribution in [2.45, 2.75) is 37.4 Å². The zero-order valence-corrected chi connectivity index (χ0v) is 14.9. The van der Waals surface area contributed by atoms with Crippen molar-refractivity contribution in [3.63, 3.8) is 0 Å². The SMILES string of the molecule is C=CC(CC/C(Cl)=C\CCCl)S(=O)(=O)N1CCCC(C=O)C1. The largest absolute Gasteiger partial charge is 0.303 e. The van der Waals surface area contributed by atoms with E-state index >= 15 is 0 Å². The highest BCUT2D eigenvalue weighted by molar-refractivity contribution is 7.89. The molecular formula is C15H23Cl2NO3S. The number of hydrogen-bond acceptors (Lipinski definition) is 3. The third-order valence-corrected chi connectivity index (χ3v) is 6.57. The van der Waals surface area contributed by atoms with Crippen LogP contribution < -0.4 is 0 Å². The Labute approximate surface area is 143 Å². The highest BCUT2D eigenvalue weighted by atomic mass is 35.5. The standard InChI is InChI=1S/C15H23Cl2NO3S/c1-2-15(8-7-14(17)6-3-9-16)22(20,21)18-10-4-5-13(11-18)12-19/h2,6,12-13,15H,1,3-5,7-11H2/b14-6+. The van der Waals surface area contributed by atoms with E-state index in [1.165, 1.54) is 10.4 Å². The summed E-state index contributed by atoms with van der Waals surface area (Å²) >= 11 is 11.6. The number of allylic oxidation sites excluding steroid dienone is 2. The van der Waals surface area contributed by atoms with Gasteiger partial charge >= 0.3 is 0 Å². The molecule has 126 valence electrons. The van der Waals surface area contributed by atoms with Crippen LogP contribution in [0.2, 0.25) is 0 Å². The summed E-state index contributed by atoms with van der Waals surface area (Å²) in [5, 5.41) is -0.0665. The highest BCUT2D eigenvalue weighted by Gasteiger charge is 2.33. The number of hydrogen-bond donors (Lipinski definition) is 0. The lowest BCUT2D eigenvalue weighted by atomic mass is 10.0. The van der Waals surface area contributed by atoms with Crippen molar-refractivity contribution in [3.05, 3.63) is 23.8 Å². The molecule has 1 aliphatic heterocycles. The topological polar surface area (TPSA) is 54.5 Å². The van der Waals surface area contributed by atoms with E-state index in [4.69, 9.17) is 23.2 Å². The fourth-order valence-corrected chi connectivity index (χ4v) is 4.64. The molecular weight excluding hydrogens is 345 g/mol. The molecule has 0 radical (unpaired) electrons. The fourth-order valence-electron chi connectivity index (χ4n) is 2.49. The predicted molar refractivity (Wildman–Crippen MR) is 91.8 cm³/mol.